The highest BCUT2D eigenvalue weighted by molar-refractivity contribution is 5.82. The molecule has 3 rings (SSSR count). The second kappa shape index (κ2) is 10.7. The van der Waals surface area contributed by atoms with Crippen LogP contribution in [0, 0.1) is 11.7 Å². The SMILES string of the molecule is CC(COc1ccccc1C(F)(F)F)NC(=O)C1CCCN(C(=O)Cc2ccc(F)cc2)C1. The number of para-hydroxylation sites is 1. The fourth-order valence-electron chi connectivity index (χ4n) is 3.75. The van der Waals surface area contributed by atoms with Crippen molar-refractivity contribution in [1.82, 2.24) is 10.2 Å². The molecule has 2 amide bonds. The number of halogens is 4. The number of amides is 2. The lowest BCUT2D eigenvalue weighted by Crippen LogP contribution is -2.48. The lowest BCUT2D eigenvalue weighted by molar-refractivity contribution is -0.139. The van der Waals surface area contributed by atoms with Gasteiger partial charge in [-0.25, -0.2) is 4.39 Å². The van der Waals surface area contributed by atoms with Crippen molar-refractivity contribution >= 4 is 11.8 Å². The van der Waals surface area contributed by atoms with Gasteiger partial charge in [0.2, 0.25) is 11.8 Å². The molecule has 33 heavy (non-hydrogen) atoms. The standard InChI is InChI=1S/C24H26F4N2O3/c1-16(15-33-21-7-3-2-6-20(21)24(26,27)28)29-23(32)18-5-4-12-30(14-18)22(31)13-17-8-10-19(25)11-9-17/h2-3,6-11,16,18H,4-5,12-15H2,1H3,(H,29,32). The molecule has 1 aliphatic heterocycles. The summed E-state index contributed by atoms with van der Waals surface area (Å²) in [4.78, 5) is 26.9. The summed E-state index contributed by atoms with van der Waals surface area (Å²) in [5, 5.41) is 2.77. The van der Waals surface area contributed by atoms with Crippen molar-refractivity contribution in [3.8, 4) is 5.75 Å². The molecule has 0 aliphatic carbocycles. The second-order valence-corrected chi connectivity index (χ2v) is 8.20. The molecule has 0 saturated carbocycles. The molecule has 2 aromatic carbocycles. The maximum atomic E-state index is 13.1. The number of nitrogens with zero attached hydrogens (tertiary/aromatic N) is 1. The van der Waals surface area contributed by atoms with Crippen molar-refractivity contribution in [3.05, 3.63) is 65.5 Å². The van der Waals surface area contributed by atoms with Crippen molar-refractivity contribution in [2.75, 3.05) is 19.7 Å². The van der Waals surface area contributed by atoms with E-state index in [1.807, 2.05) is 0 Å². The molecule has 9 heteroatoms. The van der Waals surface area contributed by atoms with Gasteiger partial charge in [-0.1, -0.05) is 24.3 Å². The van der Waals surface area contributed by atoms with Crippen LogP contribution in [0.4, 0.5) is 17.6 Å². The molecule has 2 unspecified atom stereocenters. The first-order valence-corrected chi connectivity index (χ1v) is 10.7. The van der Waals surface area contributed by atoms with Crippen molar-refractivity contribution in [3.63, 3.8) is 0 Å². The zero-order chi connectivity index (χ0) is 24.0. The van der Waals surface area contributed by atoms with Crippen LogP contribution in [-0.4, -0.2) is 42.5 Å². The summed E-state index contributed by atoms with van der Waals surface area (Å²) < 4.78 is 57.6. The van der Waals surface area contributed by atoms with Crippen LogP contribution in [0.15, 0.2) is 48.5 Å². The molecule has 178 valence electrons. The van der Waals surface area contributed by atoms with Gasteiger partial charge in [-0.05, 0) is 49.6 Å². The Morgan fingerprint density at radius 2 is 1.85 bits per heavy atom. The normalized spacial score (nSPS) is 17.4. The van der Waals surface area contributed by atoms with E-state index in [1.165, 1.54) is 30.3 Å². The third kappa shape index (κ3) is 6.94. The molecular weight excluding hydrogens is 440 g/mol. The topological polar surface area (TPSA) is 58.6 Å². The summed E-state index contributed by atoms with van der Waals surface area (Å²) in [7, 11) is 0. The molecule has 0 spiro atoms. The highest BCUT2D eigenvalue weighted by Gasteiger charge is 2.34. The van der Waals surface area contributed by atoms with E-state index in [0.717, 1.165) is 6.07 Å². The molecule has 1 N–H and O–H groups in total. The molecular formula is C24H26F4N2O3. The first kappa shape index (κ1) is 24.5. The van der Waals surface area contributed by atoms with Crippen molar-refractivity contribution < 1.29 is 31.9 Å². The fourth-order valence-corrected chi connectivity index (χ4v) is 3.75. The number of ether oxygens (including phenoxy) is 1. The number of nitrogens with one attached hydrogen (secondary N) is 1. The molecule has 0 bridgehead atoms. The van der Waals surface area contributed by atoms with Crippen LogP contribution in [0.5, 0.6) is 5.75 Å². The monoisotopic (exact) mass is 466 g/mol. The smallest absolute Gasteiger partial charge is 0.419 e. The zero-order valence-corrected chi connectivity index (χ0v) is 18.2. The summed E-state index contributed by atoms with van der Waals surface area (Å²) in [6.07, 6.45) is -3.14. The molecule has 5 nitrogen and oxygen atoms in total. The van der Waals surface area contributed by atoms with Crippen molar-refractivity contribution in [2.24, 2.45) is 5.92 Å². The number of carbonyl (C=O) groups excluding carboxylic acids is 2. The van der Waals surface area contributed by atoms with Crippen molar-refractivity contribution in [1.29, 1.82) is 0 Å². The molecule has 1 aliphatic rings. The summed E-state index contributed by atoms with van der Waals surface area (Å²) in [6.45, 7) is 2.32. The van der Waals surface area contributed by atoms with Crippen LogP contribution in [0.25, 0.3) is 0 Å². The number of likely N-dealkylation sites (tertiary alicyclic amines) is 1. The van der Waals surface area contributed by atoms with Crippen LogP contribution >= 0.6 is 0 Å². The van der Waals surface area contributed by atoms with Gasteiger partial charge in [0.25, 0.3) is 0 Å². The molecule has 1 heterocycles. The first-order chi connectivity index (χ1) is 15.6. The molecule has 2 aromatic rings. The van der Waals surface area contributed by atoms with Crippen LogP contribution in [0.1, 0.15) is 30.9 Å². The minimum absolute atomic E-state index is 0.122. The predicted octanol–water partition coefficient (Wildman–Crippen LogP) is 4.21. The Hall–Kier alpha value is -3.10. The Kier molecular flexibility index (Phi) is 7.94. The van der Waals surface area contributed by atoms with Crippen LogP contribution in [-0.2, 0) is 22.2 Å². The highest BCUT2D eigenvalue weighted by atomic mass is 19.4. The van der Waals surface area contributed by atoms with Gasteiger partial charge in [-0.3, -0.25) is 9.59 Å². The van der Waals surface area contributed by atoms with Gasteiger partial charge in [-0.15, -0.1) is 0 Å². The van der Waals surface area contributed by atoms with Crippen LogP contribution in [0.2, 0.25) is 0 Å². The quantitative estimate of drug-likeness (QED) is 0.622. The van der Waals surface area contributed by atoms with Crippen LogP contribution < -0.4 is 10.1 Å². The van der Waals surface area contributed by atoms with E-state index in [1.54, 1.807) is 24.0 Å². The number of piperidine rings is 1. The first-order valence-electron chi connectivity index (χ1n) is 10.7. The Morgan fingerprint density at radius 1 is 1.15 bits per heavy atom. The molecule has 2 atom stereocenters. The molecule has 1 saturated heterocycles. The largest absolute Gasteiger partial charge is 0.491 e. The Balaban J connectivity index is 1.50. The van der Waals surface area contributed by atoms with E-state index in [2.05, 4.69) is 5.32 Å². The predicted molar refractivity (Wildman–Crippen MR) is 114 cm³/mol. The fraction of sp³-hybridized carbons (Fsp3) is 0.417. The lowest BCUT2D eigenvalue weighted by Gasteiger charge is -2.32. The highest BCUT2D eigenvalue weighted by Crippen LogP contribution is 2.35. The van der Waals surface area contributed by atoms with Gasteiger partial charge in [-0.2, -0.15) is 13.2 Å². The number of alkyl halides is 3. The summed E-state index contributed by atoms with van der Waals surface area (Å²) >= 11 is 0. The van der Waals surface area contributed by atoms with E-state index >= 15 is 0 Å². The number of rotatable bonds is 7. The van der Waals surface area contributed by atoms with E-state index in [0.29, 0.717) is 24.9 Å². The van der Waals surface area contributed by atoms with Crippen LogP contribution in [0.3, 0.4) is 0 Å². The number of hydrogen-bond donors (Lipinski definition) is 1. The molecule has 0 aromatic heterocycles. The van der Waals surface area contributed by atoms with E-state index in [9.17, 15) is 27.2 Å². The maximum absolute atomic E-state index is 13.1. The number of carbonyl (C=O) groups is 2. The minimum atomic E-state index is -4.53. The number of benzene rings is 2. The van der Waals surface area contributed by atoms with Gasteiger partial charge >= 0.3 is 6.18 Å². The van der Waals surface area contributed by atoms with E-state index in [4.69, 9.17) is 4.74 Å². The minimum Gasteiger partial charge on any atom is -0.491 e. The Bertz CT molecular complexity index is 963. The Labute approximate surface area is 189 Å². The maximum Gasteiger partial charge on any atom is 0.419 e. The third-order valence-corrected chi connectivity index (χ3v) is 5.48. The second-order valence-electron chi connectivity index (χ2n) is 8.20. The van der Waals surface area contributed by atoms with Gasteiger partial charge in [0, 0.05) is 13.1 Å². The van der Waals surface area contributed by atoms with E-state index < -0.39 is 23.7 Å². The lowest BCUT2D eigenvalue weighted by atomic mass is 9.96. The zero-order valence-electron chi connectivity index (χ0n) is 18.2. The average molecular weight is 466 g/mol. The Morgan fingerprint density at radius 3 is 2.55 bits per heavy atom. The molecule has 0 radical (unpaired) electrons. The van der Waals surface area contributed by atoms with Crippen molar-refractivity contribution in [2.45, 2.75) is 38.4 Å². The van der Waals surface area contributed by atoms with Gasteiger partial charge in [0.05, 0.1) is 23.9 Å². The summed E-state index contributed by atoms with van der Waals surface area (Å²) in [5.74, 6) is -1.49. The molecule has 1 fully saturated rings. The van der Waals surface area contributed by atoms with Gasteiger partial charge in [0.15, 0.2) is 0 Å². The van der Waals surface area contributed by atoms with Gasteiger partial charge in [0.1, 0.15) is 18.2 Å². The number of hydrogen-bond acceptors (Lipinski definition) is 3. The summed E-state index contributed by atoms with van der Waals surface area (Å²) in [5.41, 5.74) is -0.177. The van der Waals surface area contributed by atoms with Gasteiger partial charge < -0.3 is 15.0 Å². The average Bonchev–Trinajstić information content (AvgIpc) is 2.79. The summed E-state index contributed by atoms with van der Waals surface area (Å²) in [6, 6.07) is 10.1. The third-order valence-electron chi connectivity index (χ3n) is 5.48. The van der Waals surface area contributed by atoms with E-state index in [-0.39, 0.29) is 43.0 Å².